The maximum absolute atomic E-state index is 11.9. The summed E-state index contributed by atoms with van der Waals surface area (Å²) in [4.78, 5) is 25.1. The molecule has 0 saturated heterocycles. The molecule has 1 atom stereocenters. The third-order valence-electron chi connectivity index (χ3n) is 2.50. The Morgan fingerprint density at radius 3 is 2.65 bits per heavy atom. The predicted molar refractivity (Wildman–Crippen MR) is 71.9 cm³/mol. The summed E-state index contributed by atoms with van der Waals surface area (Å²) in [5, 5.41) is 16.7. The number of carbonyl (C=O) groups is 2. The highest BCUT2D eigenvalue weighted by molar-refractivity contribution is 5.85. The summed E-state index contributed by atoms with van der Waals surface area (Å²) >= 11 is 0. The van der Waals surface area contributed by atoms with Crippen molar-refractivity contribution in [2.75, 3.05) is 6.54 Å². The number of carbonyl (C=O) groups excluding carboxylic acids is 1. The van der Waals surface area contributed by atoms with Crippen LogP contribution in [0.15, 0.2) is 35.4 Å². The van der Waals surface area contributed by atoms with E-state index in [0.29, 0.717) is 6.54 Å². The van der Waals surface area contributed by atoms with Crippen molar-refractivity contribution >= 4 is 12.0 Å². The van der Waals surface area contributed by atoms with Crippen molar-refractivity contribution in [1.29, 1.82) is 0 Å². The van der Waals surface area contributed by atoms with E-state index < -0.39 is 18.0 Å². The summed E-state index contributed by atoms with van der Waals surface area (Å²) in [6.45, 7) is 0.346. The average Bonchev–Trinajstić information content (AvgIpc) is 2.44. The number of rotatable bonds is 7. The molecule has 0 heterocycles. The van der Waals surface area contributed by atoms with E-state index in [4.69, 9.17) is 10.6 Å². The topological polar surface area (TPSA) is 127 Å². The molecule has 0 aliphatic carbocycles. The molecule has 0 fully saturated rings. The molecular weight excluding hydrogens is 262 g/mol. The highest BCUT2D eigenvalue weighted by Gasteiger charge is 2.19. The lowest BCUT2D eigenvalue weighted by Crippen LogP contribution is -2.46. The fourth-order valence-electron chi connectivity index (χ4n) is 1.56. The van der Waals surface area contributed by atoms with Crippen molar-refractivity contribution in [2.45, 2.75) is 19.0 Å². The van der Waals surface area contributed by atoms with Crippen LogP contribution in [-0.4, -0.2) is 29.7 Å². The van der Waals surface area contributed by atoms with Crippen molar-refractivity contribution < 1.29 is 14.7 Å². The smallest absolute Gasteiger partial charge is 0.405 e. The first-order chi connectivity index (χ1) is 9.63. The molecule has 106 valence electrons. The molecule has 2 amide bonds. The Morgan fingerprint density at radius 1 is 1.35 bits per heavy atom. The minimum Gasteiger partial charge on any atom is -0.465 e. The highest BCUT2D eigenvalue weighted by Crippen LogP contribution is 1.99. The van der Waals surface area contributed by atoms with Crippen molar-refractivity contribution in [3.8, 4) is 0 Å². The molecule has 8 heteroatoms. The molecule has 1 aromatic rings. The zero-order valence-electron chi connectivity index (χ0n) is 10.7. The third-order valence-corrected chi connectivity index (χ3v) is 2.50. The van der Waals surface area contributed by atoms with Crippen LogP contribution < -0.4 is 10.6 Å². The quantitative estimate of drug-likeness (QED) is 0.398. The van der Waals surface area contributed by atoms with Crippen LogP contribution in [0.4, 0.5) is 4.79 Å². The van der Waals surface area contributed by atoms with Gasteiger partial charge < -0.3 is 15.7 Å². The van der Waals surface area contributed by atoms with Gasteiger partial charge >= 0.3 is 6.09 Å². The lowest BCUT2D eigenvalue weighted by Gasteiger charge is -2.15. The van der Waals surface area contributed by atoms with Gasteiger partial charge in [0.15, 0.2) is 0 Å². The van der Waals surface area contributed by atoms with Crippen molar-refractivity contribution in [3.63, 3.8) is 0 Å². The first kappa shape index (κ1) is 15.3. The van der Waals surface area contributed by atoms with Crippen LogP contribution in [0, 0.1) is 0 Å². The van der Waals surface area contributed by atoms with Crippen LogP contribution in [0.2, 0.25) is 0 Å². The number of hydrogen-bond donors (Lipinski definition) is 3. The Labute approximate surface area is 115 Å². The summed E-state index contributed by atoms with van der Waals surface area (Å²) in [6.07, 6.45) is -1.19. The Bertz CT molecular complexity index is 499. The number of nitrogens with one attached hydrogen (secondary N) is 2. The first-order valence-electron chi connectivity index (χ1n) is 5.95. The van der Waals surface area contributed by atoms with Gasteiger partial charge in [0.1, 0.15) is 6.04 Å². The number of benzene rings is 1. The predicted octanol–water partition coefficient (Wildman–Crippen LogP) is 1.64. The first-order valence-corrected chi connectivity index (χ1v) is 5.95. The van der Waals surface area contributed by atoms with Crippen LogP contribution >= 0.6 is 0 Å². The largest absolute Gasteiger partial charge is 0.465 e. The number of azide groups is 1. The van der Waals surface area contributed by atoms with Gasteiger partial charge in [-0.2, -0.15) is 0 Å². The minimum atomic E-state index is -1.30. The van der Waals surface area contributed by atoms with Crippen LogP contribution in [-0.2, 0) is 11.3 Å². The monoisotopic (exact) mass is 277 g/mol. The fourth-order valence-corrected chi connectivity index (χ4v) is 1.56. The molecule has 1 aromatic carbocycles. The van der Waals surface area contributed by atoms with Crippen LogP contribution in [0.3, 0.4) is 0 Å². The maximum atomic E-state index is 11.9. The number of amides is 2. The number of nitrogens with zero attached hydrogens (tertiary/aromatic N) is 3. The fraction of sp³-hybridized carbons (Fsp3) is 0.333. The molecule has 20 heavy (non-hydrogen) atoms. The summed E-state index contributed by atoms with van der Waals surface area (Å²) < 4.78 is 0. The van der Waals surface area contributed by atoms with E-state index in [1.807, 2.05) is 30.3 Å². The van der Waals surface area contributed by atoms with Gasteiger partial charge in [-0.15, -0.1) is 0 Å². The minimum absolute atomic E-state index is 0.0419. The molecule has 0 aliphatic heterocycles. The summed E-state index contributed by atoms with van der Waals surface area (Å²) in [5.74, 6) is -0.454. The van der Waals surface area contributed by atoms with Crippen LogP contribution in [0.5, 0.6) is 0 Å². The van der Waals surface area contributed by atoms with E-state index in [2.05, 4.69) is 20.7 Å². The molecular formula is C12H15N5O3. The Kier molecular flexibility index (Phi) is 6.43. The van der Waals surface area contributed by atoms with Gasteiger partial charge in [-0.1, -0.05) is 35.4 Å². The molecule has 0 aromatic heterocycles. The van der Waals surface area contributed by atoms with Gasteiger partial charge in [-0.3, -0.25) is 4.79 Å². The Balaban J connectivity index is 2.53. The summed E-state index contributed by atoms with van der Waals surface area (Å²) in [5.41, 5.74) is 9.08. The van der Waals surface area contributed by atoms with E-state index in [0.717, 1.165) is 5.56 Å². The van der Waals surface area contributed by atoms with Gasteiger partial charge in [0, 0.05) is 18.0 Å². The van der Waals surface area contributed by atoms with E-state index in [9.17, 15) is 9.59 Å². The van der Waals surface area contributed by atoms with Crippen molar-refractivity contribution in [3.05, 3.63) is 46.3 Å². The molecule has 0 radical (unpaired) electrons. The molecule has 0 unspecified atom stereocenters. The standard InChI is InChI=1S/C12H15N5O3/c13-17-15-7-6-10(16-12(19)20)11(18)14-8-9-4-2-1-3-5-9/h1-5,10,16H,6-8H2,(H,14,18)(H,19,20)/t10-/m0/s1. The van der Waals surface area contributed by atoms with Gasteiger partial charge in [0.2, 0.25) is 5.91 Å². The van der Waals surface area contributed by atoms with Gasteiger partial charge in [-0.25, -0.2) is 4.79 Å². The van der Waals surface area contributed by atoms with E-state index in [-0.39, 0.29) is 13.0 Å². The molecule has 0 saturated carbocycles. The summed E-state index contributed by atoms with van der Waals surface area (Å²) in [6, 6.07) is 8.30. The number of hydrogen-bond acceptors (Lipinski definition) is 3. The zero-order valence-corrected chi connectivity index (χ0v) is 10.7. The Morgan fingerprint density at radius 2 is 2.05 bits per heavy atom. The highest BCUT2D eigenvalue weighted by atomic mass is 16.4. The van der Waals surface area contributed by atoms with E-state index >= 15 is 0 Å². The molecule has 3 N–H and O–H groups in total. The maximum Gasteiger partial charge on any atom is 0.405 e. The molecule has 0 aliphatic rings. The molecule has 0 bridgehead atoms. The average molecular weight is 277 g/mol. The van der Waals surface area contributed by atoms with Gasteiger partial charge in [0.25, 0.3) is 0 Å². The Hall–Kier alpha value is -2.73. The van der Waals surface area contributed by atoms with E-state index in [1.54, 1.807) is 0 Å². The lowest BCUT2D eigenvalue weighted by molar-refractivity contribution is -0.123. The lowest BCUT2D eigenvalue weighted by atomic mass is 10.1. The van der Waals surface area contributed by atoms with Crippen LogP contribution in [0.1, 0.15) is 12.0 Å². The second-order valence-corrected chi connectivity index (χ2v) is 3.95. The normalized spacial score (nSPS) is 11.0. The number of carboxylic acid groups (broad SMARTS) is 1. The zero-order chi connectivity index (χ0) is 14.8. The summed E-state index contributed by atoms with van der Waals surface area (Å²) in [7, 11) is 0. The van der Waals surface area contributed by atoms with Gasteiger partial charge in [-0.05, 0) is 17.5 Å². The van der Waals surface area contributed by atoms with E-state index in [1.165, 1.54) is 0 Å². The SMILES string of the molecule is [N-]=[N+]=NCC[C@H](NC(=O)O)C(=O)NCc1ccccc1. The third kappa shape index (κ3) is 5.74. The van der Waals surface area contributed by atoms with Crippen molar-refractivity contribution in [1.82, 2.24) is 10.6 Å². The molecule has 1 rings (SSSR count). The van der Waals surface area contributed by atoms with Gasteiger partial charge in [0.05, 0.1) is 0 Å². The van der Waals surface area contributed by atoms with Crippen LogP contribution in [0.25, 0.3) is 10.4 Å². The molecule has 8 nitrogen and oxygen atoms in total. The van der Waals surface area contributed by atoms with Crippen molar-refractivity contribution in [2.24, 2.45) is 5.11 Å². The second kappa shape index (κ2) is 8.39. The molecule has 0 spiro atoms. The second-order valence-electron chi connectivity index (χ2n) is 3.95.